The van der Waals surface area contributed by atoms with Crippen molar-refractivity contribution in [2.24, 2.45) is 0 Å². The van der Waals surface area contributed by atoms with Crippen molar-refractivity contribution in [2.75, 3.05) is 25.4 Å². The van der Waals surface area contributed by atoms with Gasteiger partial charge in [-0.1, -0.05) is 18.2 Å². The Morgan fingerprint density at radius 2 is 2.00 bits per heavy atom. The fourth-order valence-electron chi connectivity index (χ4n) is 2.68. The predicted molar refractivity (Wildman–Crippen MR) is 93.9 cm³/mol. The highest BCUT2D eigenvalue weighted by molar-refractivity contribution is 7.99. The minimum atomic E-state index is -0.221. The van der Waals surface area contributed by atoms with Gasteiger partial charge in [-0.15, -0.1) is 11.8 Å². The van der Waals surface area contributed by atoms with Crippen LogP contribution in [-0.4, -0.2) is 42.1 Å². The van der Waals surface area contributed by atoms with Crippen molar-refractivity contribution in [2.45, 2.75) is 11.7 Å². The van der Waals surface area contributed by atoms with Gasteiger partial charge in [-0.3, -0.25) is 9.59 Å². The Morgan fingerprint density at radius 1 is 1.17 bits per heavy atom. The van der Waals surface area contributed by atoms with E-state index in [0.29, 0.717) is 18.7 Å². The molecule has 1 fully saturated rings. The van der Waals surface area contributed by atoms with Gasteiger partial charge in [-0.05, 0) is 30.7 Å². The molecule has 5 nitrogen and oxygen atoms in total. The van der Waals surface area contributed by atoms with E-state index in [1.54, 1.807) is 30.5 Å². The molecule has 2 heterocycles. The molecule has 2 aromatic rings. The molecule has 1 aliphatic heterocycles. The fourth-order valence-corrected chi connectivity index (χ4v) is 3.86. The summed E-state index contributed by atoms with van der Waals surface area (Å²) in [7, 11) is 0. The van der Waals surface area contributed by atoms with Gasteiger partial charge in [0.15, 0.2) is 0 Å². The summed E-state index contributed by atoms with van der Waals surface area (Å²) >= 11 is 1.81. The number of nitrogens with one attached hydrogen (secondary N) is 1. The minimum Gasteiger partial charge on any atom is -0.468 e. The number of carbonyl (C=O) groups excluding carboxylic acids is 2. The number of carbonyl (C=O) groups is 2. The van der Waals surface area contributed by atoms with Crippen LogP contribution in [0, 0.1) is 0 Å². The molecule has 0 bridgehead atoms. The van der Waals surface area contributed by atoms with Crippen molar-refractivity contribution in [3.8, 4) is 0 Å². The van der Waals surface area contributed by atoms with Crippen LogP contribution >= 0.6 is 11.8 Å². The van der Waals surface area contributed by atoms with Crippen molar-refractivity contribution in [1.29, 1.82) is 0 Å². The molecule has 0 radical (unpaired) electrons. The van der Waals surface area contributed by atoms with Crippen LogP contribution in [0.4, 0.5) is 0 Å². The van der Waals surface area contributed by atoms with E-state index in [2.05, 4.69) is 5.32 Å². The van der Waals surface area contributed by atoms with Crippen LogP contribution in [0.5, 0.6) is 0 Å². The van der Waals surface area contributed by atoms with Gasteiger partial charge >= 0.3 is 0 Å². The van der Waals surface area contributed by atoms with Crippen LogP contribution in [0.1, 0.15) is 27.8 Å². The third-order valence-electron chi connectivity index (χ3n) is 3.99. The number of furan rings is 1. The molecule has 0 spiro atoms. The quantitative estimate of drug-likeness (QED) is 0.926. The van der Waals surface area contributed by atoms with Crippen LogP contribution in [0.3, 0.4) is 0 Å². The van der Waals surface area contributed by atoms with Crippen LogP contribution < -0.4 is 5.32 Å². The highest BCUT2D eigenvalue weighted by Crippen LogP contribution is 2.34. The molecule has 3 rings (SSSR count). The van der Waals surface area contributed by atoms with E-state index in [-0.39, 0.29) is 23.6 Å². The van der Waals surface area contributed by atoms with E-state index >= 15 is 0 Å². The molecule has 6 heteroatoms. The number of thioether (sulfide) groups is 1. The first kappa shape index (κ1) is 16.6. The van der Waals surface area contributed by atoms with Crippen LogP contribution in [0.25, 0.3) is 0 Å². The summed E-state index contributed by atoms with van der Waals surface area (Å²) in [5, 5.41) is 2.99. The number of nitrogens with zero attached hydrogens (tertiary/aromatic N) is 1. The van der Waals surface area contributed by atoms with Crippen molar-refractivity contribution >= 4 is 23.6 Å². The van der Waals surface area contributed by atoms with Gasteiger partial charge in [0.1, 0.15) is 5.76 Å². The van der Waals surface area contributed by atoms with Crippen LogP contribution in [0.2, 0.25) is 0 Å². The lowest BCUT2D eigenvalue weighted by atomic mass is 10.2. The second kappa shape index (κ2) is 8.06. The number of rotatable bonds is 4. The lowest BCUT2D eigenvalue weighted by Gasteiger charge is -2.20. The Bertz CT molecular complexity index is 673. The van der Waals surface area contributed by atoms with E-state index in [9.17, 15) is 9.59 Å². The van der Waals surface area contributed by atoms with Gasteiger partial charge in [0, 0.05) is 24.4 Å². The number of benzene rings is 1. The second-order valence-electron chi connectivity index (χ2n) is 5.59. The highest BCUT2D eigenvalue weighted by atomic mass is 32.2. The molecule has 2 amide bonds. The van der Waals surface area contributed by atoms with Crippen molar-refractivity contribution in [3.63, 3.8) is 0 Å². The van der Waals surface area contributed by atoms with Gasteiger partial charge < -0.3 is 14.6 Å². The second-order valence-corrected chi connectivity index (χ2v) is 6.90. The van der Waals surface area contributed by atoms with Crippen LogP contribution in [0.15, 0.2) is 53.1 Å². The van der Waals surface area contributed by atoms with E-state index in [0.717, 1.165) is 17.9 Å². The Labute approximate surface area is 145 Å². The summed E-state index contributed by atoms with van der Waals surface area (Å²) in [6, 6.07) is 12.8. The number of amides is 2. The lowest BCUT2D eigenvalue weighted by molar-refractivity contribution is -0.129. The topological polar surface area (TPSA) is 62.6 Å². The summed E-state index contributed by atoms with van der Waals surface area (Å²) in [5.74, 6) is 1.57. The maximum atomic E-state index is 12.4. The molecule has 1 N–H and O–H groups in total. The summed E-state index contributed by atoms with van der Waals surface area (Å²) in [4.78, 5) is 26.2. The first-order valence-corrected chi connectivity index (χ1v) is 9.05. The van der Waals surface area contributed by atoms with Crippen molar-refractivity contribution in [3.05, 3.63) is 60.1 Å². The summed E-state index contributed by atoms with van der Waals surface area (Å²) in [5.41, 5.74) is 0.564. The van der Waals surface area contributed by atoms with Gasteiger partial charge in [0.2, 0.25) is 5.91 Å². The van der Waals surface area contributed by atoms with Gasteiger partial charge in [-0.2, -0.15) is 0 Å². The molecule has 1 atom stereocenters. The van der Waals surface area contributed by atoms with Crippen molar-refractivity contribution < 1.29 is 14.0 Å². The van der Waals surface area contributed by atoms with Gasteiger partial charge in [0.25, 0.3) is 5.91 Å². The first-order valence-electron chi connectivity index (χ1n) is 8.00. The lowest BCUT2D eigenvalue weighted by Crippen LogP contribution is -2.41. The van der Waals surface area contributed by atoms with Crippen LogP contribution in [-0.2, 0) is 4.79 Å². The highest BCUT2D eigenvalue weighted by Gasteiger charge is 2.23. The molecule has 1 aromatic carbocycles. The Balaban J connectivity index is 1.49. The van der Waals surface area contributed by atoms with E-state index < -0.39 is 0 Å². The largest absolute Gasteiger partial charge is 0.468 e. The van der Waals surface area contributed by atoms with E-state index in [1.165, 1.54) is 0 Å². The predicted octanol–water partition coefficient (Wildman–Crippen LogP) is 2.72. The molecule has 1 aromatic heterocycles. The molecule has 1 saturated heterocycles. The van der Waals surface area contributed by atoms with Crippen molar-refractivity contribution in [1.82, 2.24) is 10.2 Å². The Hall–Kier alpha value is -2.21. The maximum absolute atomic E-state index is 12.4. The molecule has 0 saturated carbocycles. The summed E-state index contributed by atoms with van der Waals surface area (Å²) in [6.07, 6.45) is 2.54. The third-order valence-corrected chi connectivity index (χ3v) is 5.28. The molecule has 24 heavy (non-hydrogen) atoms. The molecule has 1 aliphatic rings. The fraction of sp³-hybridized carbons (Fsp3) is 0.333. The standard InChI is InChI=1S/C18H20N2O3S/c21-17(13-19-18(22)14-5-2-1-3-6-14)20-9-8-16(24-12-10-20)15-7-4-11-23-15/h1-7,11,16H,8-10,12-13H2,(H,19,22)/t16-/m1/s1. The monoisotopic (exact) mass is 344 g/mol. The number of hydrogen-bond acceptors (Lipinski definition) is 4. The average Bonchev–Trinajstić information content (AvgIpc) is 3.04. The molecule has 0 unspecified atom stereocenters. The zero-order valence-corrected chi connectivity index (χ0v) is 14.1. The third kappa shape index (κ3) is 4.20. The average molecular weight is 344 g/mol. The van der Waals surface area contributed by atoms with Gasteiger partial charge in [-0.25, -0.2) is 0 Å². The van der Waals surface area contributed by atoms with Gasteiger partial charge in [0.05, 0.1) is 18.1 Å². The first-order chi connectivity index (χ1) is 11.7. The molecule has 126 valence electrons. The summed E-state index contributed by atoms with van der Waals surface area (Å²) < 4.78 is 5.47. The maximum Gasteiger partial charge on any atom is 0.251 e. The summed E-state index contributed by atoms with van der Waals surface area (Å²) in [6.45, 7) is 1.41. The molecular formula is C18H20N2O3S. The number of hydrogen-bond donors (Lipinski definition) is 1. The Kier molecular flexibility index (Phi) is 5.59. The molecule has 0 aliphatic carbocycles. The minimum absolute atomic E-state index is 0.0316. The van der Waals surface area contributed by atoms with E-state index in [1.807, 2.05) is 34.9 Å². The molecular weight excluding hydrogens is 324 g/mol. The zero-order chi connectivity index (χ0) is 16.8. The Morgan fingerprint density at radius 3 is 2.75 bits per heavy atom. The normalized spacial score (nSPS) is 18.0. The van der Waals surface area contributed by atoms with E-state index in [4.69, 9.17) is 4.42 Å². The SMILES string of the molecule is O=C(NCC(=O)N1CCS[C@@H](c2ccco2)CC1)c1ccccc1. The zero-order valence-electron chi connectivity index (χ0n) is 13.3. The smallest absolute Gasteiger partial charge is 0.251 e.